The molecule has 5 amide bonds. The Morgan fingerprint density at radius 1 is 0.827 bits per heavy atom. The fourth-order valence-corrected chi connectivity index (χ4v) is 6.44. The summed E-state index contributed by atoms with van der Waals surface area (Å²) < 4.78 is 2.50. The van der Waals surface area contributed by atoms with Gasteiger partial charge in [0.1, 0.15) is 24.0 Å². The van der Waals surface area contributed by atoms with Crippen molar-refractivity contribution in [1.82, 2.24) is 29.7 Å². The number of imide groups is 1. The van der Waals surface area contributed by atoms with Crippen LogP contribution in [0.25, 0.3) is 21.8 Å². The lowest BCUT2D eigenvalue weighted by molar-refractivity contribution is -0.136. The summed E-state index contributed by atoms with van der Waals surface area (Å²) in [5.74, 6) is -1.33. The van der Waals surface area contributed by atoms with E-state index in [1.165, 1.54) is 16.2 Å². The minimum absolute atomic E-state index is 0.0395. The number of hydrogen-bond donors (Lipinski definition) is 4. The maximum absolute atomic E-state index is 13.6. The van der Waals surface area contributed by atoms with Crippen LogP contribution in [0.2, 0.25) is 0 Å². The number of nitrogens with one attached hydrogen (secondary N) is 4. The van der Waals surface area contributed by atoms with E-state index in [-0.39, 0.29) is 78.4 Å². The number of nitrogens with zero attached hydrogens (tertiary/aromatic N) is 4. The number of aldehydes is 1. The van der Waals surface area contributed by atoms with E-state index in [0.29, 0.717) is 48.2 Å². The van der Waals surface area contributed by atoms with E-state index in [2.05, 4.69) is 31.2 Å². The number of fused-ring (bicyclic) bond motifs is 2. The molecule has 1 saturated heterocycles. The highest BCUT2D eigenvalue weighted by Crippen LogP contribution is 2.25. The van der Waals surface area contributed by atoms with Gasteiger partial charge in [0.25, 0.3) is 11.1 Å². The number of benzene rings is 2. The molecule has 0 saturated carbocycles. The zero-order chi connectivity index (χ0) is 37.5. The van der Waals surface area contributed by atoms with Crippen molar-refractivity contribution < 1.29 is 28.8 Å². The molecule has 2 atom stereocenters. The van der Waals surface area contributed by atoms with Crippen LogP contribution >= 0.6 is 0 Å². The van der Waals surface area contributed by atoms with Gasteiger partial charge in [-0.15, -0.1) is 0 Å². The number of carbonyl (C=O) groups excluding carboxylic acids is 6. The van der Waals surface area contributed by atoms with Crippen LogP contribution in [-0.4, -0.2) is 62.0 Å². The minimum Gasteiger partial charge on any atom is -0.359 e. The summed E-state index contributed by atoms with van der Waals surface area (Å²) in [6, 6.07) is 7.95. The van der Waals surface area contributed by atoms with Gasteiger partial charge in [0, 0.05) is 32.7 Å². The van der Waals surface area contributed by atoms with Crippen molar-refractivity contribution >= 4 is 69.0 Å². The number of carbonyl (C=O) groups is 6. The van der Waals surface area contributed by atoms with Gasteiger partial charge >= 0.3 is 0 Å². The second-order valence-corrected chi connectivity index (χ2v) is 12.6. The van der Waals surface area contributed by atoms with Crippen LogP contribution in [0.4, 0.5) is 11.4 Å². The van der Waals surface area contributed by atoms with E-state index in [9.17, 15) is 38.4 Å². The first-order valence-electron chi connectivity index (χ1n) is 17.1. The lowest BCUT2D eigenvalue weighted by atomic mass is 10.1. The normalized spacial score (nSPS) is 14.9. The number of piperidine rings is 1. The van der Waals surface area contributed by atoms with Crippen molar-refractivity contribution in [3.05, 3.63) is 68.8 Å². The molecule has 1 aliphatic rings. The van der Waals surface area contributed by atoms with Crippen molar-refractivity contribution in [2.45, 2.75) is 83.7 Å². The molecule has 272 valence electrons. The monoisotopic (exact) mass is 712 g/mol. The van der Waals surface area contributed by atoms with Crippen molar-refractivity contribution in [3.63, 3.8) is 0 Å². The average molecular weight is 713 g/mol. The van der Waals surface area contributed by atoms with Crippen LogP contribution in [0, 0.1) is 13.8 Å². The zero-order valence-corrected chi connectivity index (χ0v) is 29.1. The molecule has 4 aromatic rings. The van der Waals surface area contributed by atoms with Crippen molar-refractivity contribution in [2.75, 3.05) is 17.7 Å². The second kappa shape index (κ2) is 16.3. The Labute approximate surface area is 297 Å². The molecule has 0 radical (unpaired) electrons. The topological polar surface area (TPSA) is 220 Å². The van der Waals surface area contributed by atoms with E-state index < -0.39 is 35.0 Å². The first-order valence-corrected chi connectivity index (χ1v) is 17.1. The van der Waals surface area contributed by atoms with E-state index in [1.54, 1.807) is 50.2 Å². The quantitative estimate of drug-likeness (QED) is 0.0850. The van der Waals surface area contributed by atoms with Crippen LogP contribution in [0.5, 0.6) is 0 Å². The van der Waals surface area contributed by atoms with Crippen LogP contribution in [0.15, 0.2) is 46.0 Å². The lowest BCUT2D eigenvalue weighted by Gasteiger charge is -2.24. The summed E-state index contributed by atoms with van der Waals surface area (Å²) in [5.41, 5.74) is 0.205. The van der Waals surface area contributed by atoms with E-state index in [0.717, 1.165) is 0 Å². The summed E-state index contributed by atoms with van der Waals surface area (Å²) in [6.07, 6.45) is 2.67. The van der Waals surface area contributed by atoms with Crippen molar-refractivity contribution in [3.8, 4) is 0 Å². The molecule has 52 heavy (non-hydrogen) atoms. The lowest BCUT2D eigenvalue weighted by Crippen LogP contribution is -2.45. The Balaban J connectivity index is 1.19. The Morgan fingerprint density at radius 3 is 1.96 bits per heavy atom. The molecule has 2 aromatic heterocycles. The maximum Gasteiger partial charge on any atom is 0.264 e. The average Bonchev–Trinajstić information content (AvgIpc) is 3.10. The van der Waals surface area contributed by atoms with Gasteiger partial charge in [0.15, 0.2) is 0 Å². The highest BCUT2D eigenvalue weighted by Gasteiger charge is 2.31. The Morgan fingerprint density at radius 2 is 1.40 bits per heavy atom. The van der Waals surface area contributed by atoms with Crippen LogP contribution in [0.3, 0.4) is 0 Å². The zero-order valence-electron chi connectivity index (χ0n) is 29.1. The molecule has 3 heterocycles. The SMILES string of the molecule is CNC(=O)CCC(C=O)n1c(C)nc2cccc(NC(=O)CCCCCC(=O)Nc3cccc4nc(C)n(C5CCC(=O)NC5=O)c(=O)c34)c2c1=O. The molecule has 16 heteroatoms. The molecular formula is C36H40N8O8. The maximum atomic E-state index is 13.6. The molecule has 2 unspecified atom stereocenters. The van der Waals surface area contributed by atoms with Crippen LogP contribution in [-0.2, 0) is 28.8 Å². The summed E-state index contributed by atoms with van der Waals surface area (Å²) in [5, 5.41) is 10.6. The number of hydrogen-bond acceptors (Lipinski definition) is 10. The number of rotatable bonds is 14. The van der Waals surface area contributed by atoms with E-state index in [4.69, 9.17) is 0 Å². The fourth-order valence-electron chi connectivity index (χ4n) is 6.44. The van der Waals surface area contributed by atoms with E-state index >= 15 is 0 Å². The number of amides is 5. The molecule has 0 aliphatic carbocycles. The molecule has 1 fully saturated rings. The fraction of sp³-hybridized carbons (Fsp3) is 0.389. The highest BCUT2D eigenvalue weighted by molar-refractivity contribution is 6.02. The molecule has 16 nitrogen and oxygen atoms in total. The summed E-state index contributed by atoms with van der Waals surface area (Å²) >= 11 is 0. The highest BCUT2D eigenvalue weighted by atomic mass is 16.2. The predicted molar refractivity (Wildman–Crippen MR) is 192 cm³/mol. The Hall–Kier alpha value is -6.06. The summed E-state index contributed by atoms with van der Waals surface area (Å²) in [4.78, 5) is 110. The van der Waals surface area contributed by atoms with Gasteiger partial charge in [-0.25, -0.2) is 9.97 Å². The van der Waals surface area contributed by atoms with Crippen molar-refractivity contribution in [1.29, 1.82) is 0 Å². The third-order valence-electron chi connectivity index (χ3n) is 9.02. The first kappa shape index (κ1) is 37.2. The van der Waals surface area contributed by atoms with Gasteiger partial charge < -0.3 is 20.7 Å². The van der Waals surface area contributed by atoms with Crippen LogP contribution < -0.4 is 32.4 Å². The standard InChI is InChI=1S/C36H40N8O8/c1-20-38-23-9-7-11-25(32(23)35(51)43(20)22(19-45)15-17-28(46)37-3)40-29(47)13-5-4-6-14-30(48)41-26-12-8-10-24-33(26)36(52)44(21(2)39-24)27-16-18-31(49)42-34(27)50/h7-12,19,22,27H,4-6,13-18H2,1-3H3,(H,37,46)(H,40,47)(H,41,48)(H,42,49,50). The Bertz CT molecular complexity index is 2210. The predicted octanol–water partition coefficient (Wildman–Crippen LogP) is 2.49. The summed E-state index contributed by atoms with van der Waals surface area (Å²) in [7, 11) is 1.49. The minimum atomic E-state index is -0.916. The van der Waals surface area contributed by atoms with Gasteiger partial charge in [-0.2, -0.15) is 0 Å². The van der Waals surface area contributed by atoms with Crippen molar-refractivity contribution in [2.24, 2.45) is 0 Å². The molecule has 5 rings (SSSR count). The molecule has 4 N–H and O–H groups in total. The molecular weight excluding hydrogens is 672 g/mol. The molecule has 0 spiro atoms. The van der Waals surface area contributed by atoms with Gasteiger partial charge in [0.2, 0.25) is 29.5 Å². The largest absolute Gasteiger partial charge is 0.359 e. The molecule has 0 bridgehead atoms. The number of aromatic nitrogens is 4. The van der Waals surface area contributed by atoms with Gasteiger partial charge in [-0.1, -0.05) is 18.6 Å². The molecule has 1 aliphatic heterocycles. The summed E-state index contributed by atoms with van der Waals surface area (Å²) in [6.45, 7) is 3.21. The van der Waals surface area contributed by atoms with Gasteiger partial charge in [0.05, 0.1) is 39.2 Å². The smallest absolute Gasteiger partial charge is 0.264 e. The van der Waals surface area contributed by atoms with E-state index in [1.807, 2.05) is 0 Å². The van der Waals surface area contributed by atoms with Crippen LogP contribution in [0.1, 0.15) is 81.5 Å². The number of unbranched alkanes of at least 4 members (excludes halogenated alkanes) is 2. The Kier molecular flexibility index (Phi) is 11.7. The third-order valence-corrected chi connectivity index (χ3v) is 9.02. The first-order chi connectivity index (χ1) is 24.9. The molecule has 2 aromatic carbocycles. The third kappa shape index (κ3) is 8.11. The van der Waals surface area contributed by atoms with Gasteiger partial charge in [-0.3, -0.25) is 48.0 Å². The number of anilines is 2. The number of aryl methyl sites for hydroxylation is 2. The van der Waals surface area contributed by atoms with Gasteiger partial charge in [-0.05, 0) is 63.8 Å². The second-order valence-electron chi connectivity index (χ2n) is 12.6.